The monoisotopic (exact) mass is 123 g/mol. The van der Waals surface area contributed by atoms with Crippen molar-refractivity contribution in [3.05, 3.63) is 0 Å². The summed E-state index contributed by atoms with van der Waals surface area (Å²) in [6.07, 6.45) is 0. The summed E-state index contributed by atoms with van der Waals surface area (Å²) in [5, 5.41) is 8.13. The van der Waals surface area contributed by atoms with Crippen LogP contribution in [0.5, 0.6) is 0 Å². The van der Waals surface area contributed by atoms with E-state index in [4.69, 9.17) is 5.11 Å². The quantitative estimate of drug-likeness (QED) is 0.417. The van der Waals surface area contributed by atoms with Gasteiger partial charge in [-0.25, -0.2) is 0 Å². The minimum Gasteiger partial charge on any atom is -0.481 e. The molecule has 0 saturated carbocycles. The second kappa shape index (κ2) is 2.91. The predicted molar refractivity (Wildman–Crippen MR) is 30.7 cm³/mol. The van der Waals surface area contributed by atoms with Crippen LogP contribution < -0.4 is 0 Å². The highest BCUT2D eigenvalue weighted by atomic mass is 32.1. The fourth-order valence-corrected chi connectivity index (χ4v) is 0.234. The molecule has 1 N–H and O–H groups in total. The highest BCUT2D eigenvalue weighted by molar-refractivity contribution is 7.80. The summed E-state index contributed by atoms with van der Waals surface area (Å²) < 4.78 is 0. The van der Waals surface area contributed by atoms with Crippen molar-refractivity contribution in [3.8, 4) is 0 Å². The first-order valence-electron chi connectivity index (χ1n) is 2.02. The van der Waals surface area contributed by atoms with Gasteiger partial charge in [-0.05, 0) is 0 Å². The van der Waals surface area contributed by atoms with Crippen molar-refractivity contribution in [1.29, 1.82) is 0 Å². The number of carbonyl (C=O) groups is 1. The Morgan fingerprint density at radius 2 is 2.43 bits per heavy atom. The van der Waals surface area contributed by atoms with Gasteiger partial charge in [-0.1, -0.05) is 6.92 Å². The maximum absolute atomic E-state index is 9.88. The minimum atomic E-state index is -0.782. The summed E-state index contributed by atoms with van der Waals surface area (Å²) >= 11 is 3.77. The first kappa shape index (κ1) is 6.82. The lowest BCUT2D eigenvalue weighted by Gasteiger charge is -1.95. The van der Waals surface area contributed by atoms with Gasteiger partial charge in [-0.15, -0.1) is 0 Å². The number of thiol groups is 1. The van der Waals surface area contributed by atoms with Gasteiger partial charge < -0.3 is 5.11 Å². The van der Waals surface area contributed by atoms with Gasteiger partial charge in [0.15, 0.2) is 0 Å². The summed E-state index contributed by atoms with van der Waals surface area (Å²) in [7, 11) is 0. The van der Waals surface area contributed by atoms with Crippen LogP contribution in [0.3, 0.4) is 0 Å². The topological polar surface area (TPSA) is 37.3 Å². The van der Waals surface area contributed by atoms with E-state index in [1.54, 1.807) is 6.92 Å². The van der Waals surface area contributed by atoms with E-state index in [1.807, 2.05) is 0 Å². The van der Waals surface area contributed by atoms with Gasteiger partial charge in [-0.2, -0.15) is 12.6 Å². The van der Waals surface area contributed by atoms with Crippen LogP contribution in [0.15, 0.2) is 0 Å². The van der Waals surface area contributed by atoms with Gasteiger partial charge in [0.2, 0.25) is 0 Å². The van der Waals surface area contributed by atoms with Crippen molar-refractivity contribution in [2.75, 3.05) is 5.75 Å². The lowest BCUT2D eigenvalue weighted by Crippen LogP contribution is -2.09. The SMILES string of the molecule is C[13CH]([13CH2]S)[13C](=O)O. The third kappa shape index (κ3) is 2.51. The molecule has 0 rings (SSSR count). The van der Waals surface area contributed by atoms with Crippen molar-refractivity contribution in [2.45, 2.75) is 6.92 Å². The van der Waals surface area contributed by atoms with E-state index in [0.717, 1.165) is 0 Å². The molecular formula is C4H8O2S. The first-order valence-corrected chi connectivity index (χ1v) is 2.65. The van der Waals surface area contributed by atoms with E-state index < -0.39 is 5.97 Å². The van der Waals surface area contributed by atoms with Gasteiger partial charge in [-0.3, -0.25) is 4.79 Å². The van der Waals surface area contributed by atoms with Crippen LogP contribution in [0.25, 0.3) is 0 Å². The van der Waals surface area contributed by atoms with Gasteiger partial charge in [0, 0.05) is 5.75 Å². The van der Waals surface area contributed by atoms with Gasteiger partial charge >= 0.3 is 5.97 Å². The van der Waals surface area contributed by atoms with Crippen molar-refractivity contribution in [1.82, 2.24) is 0 Å². The summed E-state index contributed by atoms with van der Waals surface area (Å²) in [5.74, 6) is -0.687. The number of aliphatic carboxylic acids is 1. The highest BCUT2D eigenvalue weighted by Crippen LogP contribution is 1.94. The third-order valence-corrected chi connectivity index (χ3v) is 1.24. The Morgan fingerprint density at radius 3 is 2.43 bits per heavy atom. The number of hydrogen-bond donors (Lipinski definition) is 2. The standard InChI is InChI=1S/C4H8O2S/c1-3(2-7)4(5)6/h3,7H,2H2,1H3,(H,5,6)/i2+1,3+1,4+1. The number of carboxylic acids is 1. The van der Waals surface area contributed by atoms with Crippen LogP contribution in [0.2, 0.25) is 0 Å². The van der Waals surface area contributed by atoms with Gasteiger partial charge in [0.1, 0.15) is 0 Å². The molecule has 3 heteroatoms. The normalized spacial score (nSPS) is 13.4. The van der Waals surface area contributed by atoms with Crippen LogP contribution in [-0.4, -0.2) is 16.8 Å². The Labute approximate surface area is 47.9 Å². The Hall–Kier alpha value is -0.180. The summed E-state index contributed by atoms with van der Waals surface area (Å²) in [6, 6.07) is 0. The highest BCUT2D eigenvalue weighted by Gasteiger charge is 2.05. The molecule has 0 amide bonds. The van der Waals surface area contributed by atoms with Gasteiger partial charge in [0.25, 0.3) is 0 Å². The summed E-state index contributed by atoms with van der Waals surface area (Å²) in [4.78, 5) is 9.88. The molecule has 0 radical (unpaired) electrons. The van der Waals surface area contributed by atoms with E-state index in [0.29, 0.717) is 5.75 Å². The third-order valence-electron chi connectivity index (χ3n) is 0.695. The molecule has 0 bridgehead atoms. The van der Waals surface area contributed by atoms with Crippen LogP contribution in [0.1, 0.15) is 6.92 Å². The average Bonchev–Trinajstić information content (AvgIpc) is 1.65. The van der Waals surface area contributed by atoms with Gasteiger partial charge in [0.05, 0.1) is 5.92 Å². The molecule has 0 aliphatic heterocycles. The predicted octanol–water partition coefficient (Wildman–Crippen LogP) is 0.637. The number of carboxylic acid groups (broad SMARTS) is 1. The van der Waals surface area contributed by atoms with Crippen molar-refractivity contribution < 1.29 is 9.90 Å². The molecule has 0 aliphatic rings. The molecule has 0 fully saturated rings. The fraction of sp³-hybridized carbons (Fsp3) is 0.750. The summed E-state index contributed by atoms with van der Waals surface area (Å²) in [5.41, 5.74) is 0. The molecule has 0 aromatic heterocycles. The van der Waals surface area contributed by atoms with E-state index in [-0.39, 0.29) is 5.92 Å². The zero-order valence-corrected chi connectivity index (χ0v) is 4.98. The minimum absolute atomic E-state index is 0.316. The molecule has 0 saturated heterocycles. The van der Waals surface area contributed by atoms with Crippen molar-refractivity contribution in [2.24, 2.45) is 5.92 Å². The molecule has 0 spiro atoms. The summed E-state index contributed by atoms with van der Waals surface area (Å²) in [6.45, 7) is 1.62. The number of rotatable bonds is 2. The Bertz CT molecular complexity index is 72.1. The Balaban J connectivity index is 3.34. The van der Waals surface area contributed by atoms with Crippen LogP contribution >= 0.6 is 12.6 Å². The smallest absolute Gasteiger partial charge is 0.307 e. The van der Waals surface area contributed by atoms with E-state index in [2.05, 4.69) is 12.6 Å². The second-order valence-corrected chi connectivity index (χ2v) is 1.79. The number of hydrogen-bond acceptors (Lipinski definition) is 2. The molecule has 7 heavy (non-hydrogen) atoms. The average molecular weight is 123 g/mol. The molecule has 1 atom stereocenters. The molecule has 0 heterocycles. The molecule has 1 unspecified atom stereocenters. The molecule has 42 valence electrons. The molecule has 0 aromatic carbocycles. The molecule has 0 aliphatic carbocycles. The van der Waals surface area contributed by atoms with E-state index >= 15 is 0 Å². The zero-order valence-electron chi connectivity index (χ0n) is 4.09. The van der Waals surface area contributed by atoms with Crippen molar-refractivity contribution in [3.63, 3.8) is 0 Å². The maximum Gasteiger partial charge on any atom is 0.307 e. The lowest BCUT2D eigenvalue weighted by atomic mass is 11.0. The van der Waals surface area contributed by atoms with E-state index in [1.165, 1.54) is 0 Å². The Morgan fingerprint density at radius 1 is 2.00 bits per heavy atom. The molecular weight excluding hydrogens is 115 g/mol. The first-order chi connectivity index (χ1) is 3.18. The maximum atomic E-state index is 9.88. The molecule has 0 aromatic rings. The van der Waals surface area contributed by atoms with Crippen LogP contribution in [-0.2, 0) is 4.79 Å². The Kier molecular flexibility index (Phi) is 2.83. The van der Waals surface area contributed by atoms with E-state index in [9.17, 15) is 4.79 Å². The largest absolute Gasteiger partial charge is 0.481 e. The fourth-order valence-electron chi connectivity index (χ4n) is 0.0781. The zero-order chi connectivity index (χ0) is 5.86. The van der Waals surface area contributed by atoms with Crippen molar-refractivity contribution >= 4 is 18.6 Å². The second-order valence-electron chi connectivity index (χ2n) is 1.42. The lowest BCUT2D eigenvalue weighted by molar-refractivity contribution is -0.140. The van der Waals surface area contributed by atoms with Crippen LogP contribution in [0, 0.1) is 5.92 Å². The van der Waals surface area contributed by atoms with Crippen LogP contribution in [0.4, 0.5) is 0 Å². The molecule has 2 nitrogen and oxygen atoms in total.